The van der Waals surface area contributed by atoms with Gasteiger partial charge in [0.1, 0.15) is 11.8 Å². The van der Waals surface area contributed by atoms with Crippen LogP contribution in [0, 0.1) is 0 Å². The summed E-state index contributed by atoms with van der Waals surface area (Å²) in [6.45, 7) is 2.40. The molecule has 0 saturated heterocycles. The van der Waals surface area contributed by atoms with Gasteiger partial charge in [-0.1, -0.05) is 25.1 Å². The normalized spacial score (nSPS) is 18.8. The number of nitrogens with zero attached hydrogens (tertiary/aromatic N) is 1. The maximum absolute atomic E-state index is 13.1. The van der Waals surface area contributed by atoms with Gasteiger partial charge < -0.3 is 19.2 Å². The van der Waals surface area contributed by atoms with Crippen LogP contribution in [-0.4, -0.2) is 37.9 Å². The first-order chi connectivity index (χ1) is 12.6. The number of ether oxygens (including phenoxy) is 2. The van der Waals surface area contributed by atoms with Gasteiger partial charge in [-0.15, -0.1) is 0 Å². The molecule has 0 aromatic heterocycles. The quantitative estimate of drug-likeness (QED) is 0.775. The average molecular weight is 353 g/mol. The molecule has 0 bridgehead atoms. The van der Waals surface area contributed by atoms with E-state index in [0.29, 0.717) is 36.4 Å². The number of rotatable bonds is 5. The van der Waals surface area contributed by atoms with Gasteiger partial charge in [0, 0.05) is 12.1 Å². The molecule has 0 aliphatic carbocycles. The van der Waals surface area contributed by atoms with E-state index in [1.54, 1.807) is 31.3 Å². The van der Waals surface area contributed by atoms with Crippen molar-refractivity contribution in [2.24, 2.45) is 0 Å². The van der Waals surface area contributed by atoms with Crippen LogP contribution in [0.5, 0.6) is 11.5 Å². The summed E-state index contributed by atoms with van der Waals surface area (Å²) in [5.41, 5.74) is 1.38. The van der Waals surface area contributed by atoms with Crippen LogP contribution in [0.3, 0.4) is 0 Å². The number of aldehydes is 1. The van der Waals surface area contributed by atoms with Crippen LogP contribution in [0.2, 0.25) is 0 Å². The molecule has 0 saturated carbocycles. The van der Waals surface area contributed by atoms with Crippen LogP contribution in [0.25, 0.3) is 0 Å². The monoisotopic (exact) mass is 353 g/mol. The van der Waals surface area contributed by atoms with Gasteiger partial charge in [-0.25, -0.2) is 0 Å². The Morgan fingerprint density at radius 2 is 1.81 bits per heavy atom. The van der Waals surface area contributed by atoms with Gasteiger partial charge in [0.25, 0.3) is 5.91 Å². The predicted octanol–water partition coefficient (Wildman–Crippen LogP) is 3.21. The van der Waals surface area contributed by atoms with Crippen LogP contribution in [-0.2, 0) is 16.8 Å². The minimum absolute atomic E-state index is 0.139. The van der Waals surface area contributed by atoms with E-state index < -0.39 is 5.54 Å². The van der Waals surface area contributed by atoms with E-state index in [9.17, 15) is 9.59 Å². The average Bonchev–Trinajstić information content (AvgIpc) is 2.71. The van der Waals surface area contributed by atoms with Gasteiger partial charge >= 0.3 is 0 Å². The van der Waals surface area contributed by atoms with Crippen molar-refractivity contribution in [2.75, 3.05) is 20.8 Å². The lowest BCUT2D eigenvalue weighted by Crippen LogP contribution is -2.54. The summed E-state index contributed by atoms with van der Waals surface area (Å²) in [7, 11) is 3.15. The molecule has 1 unspecified atom stereocenters. The zero-order valence-corrected chi connectivity index (χ0v) is 15.3. The van der Waals surface area contributed by atoms with Gasteiger partial charge in [-0.05, 0) is 48.2 Å². The summed E-state index contributed by atoms with van der Waals surface area (Å²) in [4.78, 5) is 27.1. The van der Waals surface area contributed by atoms with Crippen molar-refractivity contribution in [1.29, 1.82) is 0 Å². The Balaban J connectivity index is 2.14. The highest BCUT2D eigenvalue weighted by atomic mass is 16.5. The highest BCUT2D eigenvalue weighted by molar-refractivity contribution is 5.97. The Hall–Kier alpha value is -2.82. The van der Waals surface area contributed by atoms with Crippen LogP contribution in [0.4, 0.5) is 0 Å². The predicted molar refractivity (Wildman–Crippen MR) is 98.8 cm³/mol. The van der Waals surface area contributed by atoms with Crippen molar-refractivity contribution < 1.29 is 19.1 Å². The molecule has 1 aliphatic rings. The molecule has 1 aliphatic heterocycles. The lowest BCUT2D eigenvalue weighted by molar-refractivity contribution is -0.118. The Morgan fingerprint density at radius 1 is 1.15 bits per heavy atom. The Kier molecular flexibility index (Phi) is 4.98. The summed E-state index contributed by atoms with van der Waals surface area (Å²) in [5.74, 6) is 1.05. The fourth-order valence-electron chi connectivity index (χ4n) is 3.72. The minimum atomic E-state index is -1.01. The molecule has 0 spiro atoms. The fraction of sp³-hybridized carbons (Fsp3) is 0.333. The molecule has 5 nitrogen and oxygen atoms in total. The summed E-state index contributed by atoms with van der Waals surface area (Å²) >= 11 is 0. The maximum atomic E-state index is 13.1. The number of amides is 1. The summed E-state index contributed by atoms with van der Waals surface area (Å²) in [6, 6.07) is 12.8. The minimum Gasteiger partial charge on any atom is -0.493 e. The summed E-state index contributed by atoms with van der Waals surface area (Å²) in [6.07, 6.45) is 2.03. The number of benzene rings is 2. The number of hydrogen-bond acceptors (Lipinski definition) is 4. The van der Waals surface area contributed by atoms with E-state index in [1.165, 1.54) is 0 Å². The number of carbonyl (C=O) groups excluding carboxylic acids is 2. The van der Waals surface area contributed by atoms with Gasteiger partial charge in [0.2, 0.25) is 0 Å². The molecular weight excluding hydrogens is 330 g/mol. The van der Waals surface area contributed by atoms with Gasteiger partial charge in [-0.2, -0.15) is 0 Å². The first kappa shape index (κ1) is 18.0. The van der Waals surface area contributed by atoms with Crippen molar-refractivity contribution in [1.82, 2.24) is 4.90 Å². The molecule has 0 radical (unpaired) electrons. The molecular formula is C21H23NO4. The largest absolute Gasteiger partial charge is 0.493 e. The summed E-state index contributed by atoms with van der Waals surface area (Å²) in [5, 5.41) is 0. The summed E-state index contributed by atoms with van der Waals surface area (Å²) < 4.78 is 10.8. The molecule has 136 valence electrons. The molecule has 3 rings (SSSR count). The number of hydrogen-bond donors (Lipinski definition) is 0. The van der Waals surface area contributed by atoms with Crippen LogP contribution in [0.15, 0.2) is 42.5 Å². The topological polar surface area (TPSA) is 55.8 Å². The molecule has 2 aromatic rings. The number of fused-ring (bicyclic) bond motifs is 1. The van der Waals surface area contributed by atoms with E-state index in [1.807, 2.05) is 37.3 Å². The molecule has 26 heavy (non-hydrogen) atoms. The lowest BCUT2D eigenvalue weighted by atomic mass is 9.79. The van der Waals surface area contributed by atoms with Gasteiger partial charge in [0.05, 0.1) is 14.2 Å². The van der Waals surface area contributed by atoms with Gasteiger partial charge in [0.15, 0.2) is 11.5 Å². The highest BCUT2D eigenvalue weighted by Gasteiger charge is 2.44. The number of carbonyl (C=O) groups is 2. The third-order valence-corrected chi connectivity index (χ3v) is 5.16. The zero-order chi connectivity index (χ0) is 18.7. The lowest BCUT2D eigenvalue weighted by Gasteiger charge is -2.44. The molecule has 2 aromatic carbocycles. The van der Waals surface area contributed by atoms with Crippen molar-refractivity contribution in [3.8, 4) is 11.5 Å². The molecule has 1 atom stereocenters. The van der Waals surface area contributed by atoms with Gasteiger partial charge in [-0.3, -0.25) is 4.79 Å². The van der Waals surface area contributed by atoms with E-state index >= 15 is 0 Å². The Morgan fingerprint density at radius 3 is 2.38 bits per heavy atom. The third-order valence-electron chi connectivity index (χ3n) is 5.16. The molecule has 1 amide bonds. The van der Waals surface area contributed by atoms with Crippen molar-refractivity contribution in [3.63, 3.8) is 0 Å². The van der Waals surface area contributed by atoms with E-state index in [2.05, 4.69) is 0 Å². The van der Waals surface area contributed by atoms with Crippen LogP contribution in [0.1, 0.15) is 34.8 Å². The molecule has 0 fully saturated rings. The van der Waals surface area contributed by atoms with E-state index in [4.69, 9.17) is 9.47 Å². The van der Waals surface area contributed by atoms with E-state index in [-0.39, 0.29) is 5.91 Å². The Bertz CT molecular complexity index is 818. The SMILES string of the molecule is CCC1(C=O)c2cc(OC)c(OC)cc2CCN1C(=O)c1ccccc1. The maximum Gasteiger partial charge on any atom is 0.254 e. The second-order valence-corrected chi connectivity index (χ2v) is 6.33. The molecule has 1 heterocycles. The van der Waals surface area contributed by atoms with Crippen molar-refractivity contribution in [3.05, 3.63) is 59.2 Å². The first-order valence-electron chi connectivity index (χ1n) is 8.70. The van der Waals surface area contributed by atoms with E-state index in [0.717, 1.165) is 17.4 Å². The van der Waals surface area contributed by atoms with Crippen LogP contribution >= 0.6 is 0 Å². The first-order valence-corrected chi connectivity index (χ1v) is 8.70. The number of methoxy groups -OCH3 is 2. The molecule has 0 N–H and O–H groups in total. The van der Waals surface area contributed by atoms with Crippen LogP contribution < -0.4 is 9.47 Å². The second-order valence-electron chi connectivity index (χ2n) is 6.33. The molecule has 5 heteroatoms. The fourth-order valence-corrected chi connectivity index (χ4v) is 3.72. The standard InChI is InChI=1S/C21H23NO4/c1-4-21(14-23)17-13-19(26-3)18(25-2)12-16(17)10-11-22(21)20(24)15-8-6-5-7-9-15/h5-9,12-14H,4,10-11H2,1-3H3. The smallest absolute Gasteiger partial charge is 0.254 e. The van der Waals surface area contributed by atoms with Crippen molar-refractivity contribution in [2.45, 2.75) is 25.3 Å². The third kappa shape index (κ3) is 2.73. The second kappa shape index (κ2) is 7.20. The van der Waals surface area contributed by atoms with Crippen molar-refractivity contribution >= 4 is 12.2 Å². The highest BCUT2D eigenvalue weighted by Crippen LogP contribution is 2.42. The zero-order valence-electron chi connectivity index (χ0n) is 15.3. The Labute approximate surface area is 153 Å².